The highest BCUT2D eigenvalue weighted by Gasteiger charge is 2.50. The van der Waals surface area contributed by atoms with E-state index < -0.39 is 0 Å². The van der Waals surface area contributed by atoms with E-state index in [2.05, 4.69) is 41.8 Å². The molecule has 4 rings (SSSR count). The molecular weight excluding hydrogens is 322 g/mol. The van der Waals surface area contributed by atoms with Crippen LogP contribution in [0.3, 0.4) is 0 Å². The van der Waals surface area contributed by atoms with Gasteiger partial charge >= 0.3 is 0 Å². The number of aryl methyl sites for hydroxylation is 2. The van der Waals surface area contributed by atoms with Gasteiger partial charge in [0.15, 0.2) is 0 Å². The molecule has 0 bridgehead atoms. The molecule has 2 aliphatic heterocycles. The number of nitrogens with zero attached hydrogens (tertiary/aromatic N) is 3. The Balaban J connectivity index is 1.45. The summed E-state index contributed by atoms with van der Waals surface area (Å²) in [5.41, 5.74) is 3.86. The average Bonchev–Trinajstić information content (AvgIpc) is 3.41. The Morgan fingerprint density at radius 2 is 1.65 bits per heavy atom. The van der Waals surface area contributed by atoms with Crippen molar-refractivity contribution in [1.82, 2.24) is 14.7 Å². The summed E-state index contributed by atoms with van der Waals surface area (Å²) in [6, 6.07) is 6.84. The quantitative estimate of drug-likeness (QED) is 0.831. The van der Waals surface area contributed by atoms with E-state index >= 15 is 0 Å². The first kappa shape index (κ1) is 18.0. The third kappa shape index (κ3) is 3.54. The van der Waals surface area contributed by atoms with Gasteiger partial charge in [-0.25, -0.2) is 0 Å². The summed E-state index contributed by atoms with van der Waals surface area (Å²) >= 11 is 0. The van der Waals surface area contributed by atoms with Gasteiger partial charge in [-0.05, 0) is 51.0 Å². The van der Waals surface area contributed by atoms with Gasteiger partial charge in [-0.15, -0.1) is 0 Å². The van der Waals surface area contributed by atoms with Gasteiger partial charge in [0, 0.05) is 46.3 Å². The summed E-state index contributed by atoms with van der Waals surface area (Å²) in [7, 11) is 1.99. The van der Waals surface area contributed by atoms with Crippen LogP contribution in [-0.2, 0) is 11.3 Å². The fraction of sp³-hybridized carbons (Fsp3) is 0.682. The molecule has 4 heteroatoms. The molecule has 1 aromatic carbocycles. The topological polar surface area (TPSA) is 26.8 Å². The Hall–Kier alpha value is -1.39. The third-order valence-corrected chi connectivity index (χ3v) is 6.60. The molecule has 26 heavy (non-hydrogen) atoms. The van der Waals surface area contributed by atoms with Crippen LogP contribution in [0.5, 0.6) is 0 Å². The van der Waals surface area contributed by atoms with Crippen LogP contribution in [0.25, 0.3) is 0 Å². The second-order valence-electron chi connectivity index (χ2n) is 8.92. The minimum absolute atomic E-state index is 0.228. The van der Waals surface area contributed by atoms with E-state index in [9.17, 15) is 4.79 Å². The Morgan fingerprint density at radius 1 is 1.00 bits per heavy atom. The van der Waals surface area contributed by atoms with Crippen LogP contribution in [0.2, 0.25) is 0 Å². The molecule has 3 aliphatic rings. The lowest BCUT2D eigenvalue weighted by atomic mass is 9.82. The maximum atomic E-state index is 13.1. The summed E-state index contributed by atoms with van der Waals surface area (Å²) in [6.07, 6.45) is 4.67. The van der Waals surface area contributed by atoms with Gasteiger partial charge in [0.25, 0.3) is 0 Å². The molecule has 142 valence electrons. The highest BCUT2D eigenvalue weighted by atomic mass is 16.2. The Labute approximate surface area is 158 Å². The summed E-state index contributed by atoms with van der Waals surface area (Å²) in [5.74, 6) is 1.21. The summed E-state index contributed by atoms with van der Waals surface area (Å²) in [6.45, 7) is 10.5. The predicted octanol–water partition coefficient (Wildman–Crippen LogP) is 2.82. The molecule has 0 radical (unpaired) electrons. The minimum Gasteiger partial charge on any atom is -0.343 e. The van der Waals surface area contributed by atoms with Crippen molar-refractivity contribution in [1.29, 1.82) is 0 Å². The van der Waals surface area contributed by atoms with Crippen molar-refractivity contribution in [2.24, 2.45) is 5.92 Å². The maximum absolute atomic E-state index is 13.1. The van der Waals surface area contributed by atoms with Crippen molar-refractivity contribution >= 4 is 5.91 Å². The molecule has 3 fully saturated rings. The Bertz CT molecular complexity index is 654. The number of likely N-dealkylation sites (N-methyl/N-ethyl adjacent to an activating group) is 1. The SMILES string of the molecule is Cc1cc(C)cc(CN2CCC3(CC2)C(=O)N(C)CCN3CC2CC2)c1. The van der Waals surface area contributed by atoms with Crippen molar-refractivity contribution in [3.63, 3.8) is 0 Å². The van der Waals surface area contributed by atoms with E-state index in [1.54, 1.807) is 0 Å². The second kappa shape index (κ2) is 6.97. The largest absolute Gasteiger partial charge is 0.343 e. The molecule has 4 nitrogen and oxygen atoms in total. The Morgan fingerprint density at radius 3 is 2.27 bits per heavy atom. The number of amides is 1. The van der Waals surface area contributed by atoms with Gasteiger partial charge in [-0.3, -0.25) is 14.6 Å². The molecule has 0 atom stereocenters. The lowest BCUT2D eigenvalue weighted by molar-refractivity contribution is -0.154. The van der Waals surface area contributed by atoms with Gasteiger partial charge in [0.05, 0.1) is 0 Å². The normalized spacial score (nSPS) is 24.4. The van der Waals surface area contributed by atoms with Crippen molar-refractivity contribution in [2.75, 3.05) is 39.8 Å². The number of carbonyl (C=O) groups excluding carboxylic acids is 1. The van der Waals surface area contributed by atoms with Crippen LogP contribution in [0.1, 0.15) is 42.4 Å². The van der Waals surface area contributed by atoms with Crippen LogP contribution in [0.4, 0.5) is 0 Å². The number of piperazine rings is 1. The maximum Gasteiger partial charge on any atom is 0.242 e. The predicted molar refractivity (Wildman–Crippen MR) is 105 cm³/mol. The molecule has 0 aromatic heterocycles. The molecule has 1 aromatic rings. The highest BCUT2D eigenvalue weighted by molar-refractivity contribution is 5.87. The first-order chi connectivity index (χ1) is 12.5. The minimum atomic E-state index is -0.228. The molecular formula is C22H33N3O. The van der Waals surface area contributed by atoms with Crippen molar-refractivity contribution < 1.29 is 4.79 Å². The van der Waals surface area contributed by atoms with Crippen LogP contribution in [-0.4, -0.2) is 65.9 Å². The van der Waals surface area contributed by atoms with Crippen LogP contribution in [0.15, 0.2) is 18.2 Å². The lowest BCUT2D eigenvalue weighted by Gasteiger charge is -2.52. The zero-order chi connectivity index (χ0) is 18.3. The van der Waals surface area contributed by atoms with E-state index in [0.29, 0.717) is 5.91 Å². The van der Waals surface area contributed by atoms with E-state index in [1.165, 1.54) is 29.5 Å². The first-order valence-electron chi connectivity index (χ1n) is 10.3. The van der Waals surface area contributed by atoms with E-state index in [0.717, 1.165) is 58.0 Å². The van der Waals surface area contributed by atoms with Crippen LogP contribution in [0, 0.1) is 19.8 Å². The monoisotopic (exact) mass is 355 g/mol. The zero-order valence-corrected chi connectivity index (χ0v) is 16.6. The number of hydrogen-bond donors (Lipinski definition) is 0. The molecule has 1 spiro atoms. The molecule has 2 heterocycles. The number of carbonyl (C=O) groups is 1. The van der Waals surface area contributed by atoms with Gasteiger partial charge in [-0.1, -0.05) is 29.3 Å². The van der Waals surface area contributed by atoms with E-state index in [-0.39, 0.29) is 5.54 Å². The van der Waals surface area contributed by atoms with Crippen LogP contribution < -0.4 is 0 Å². The van der Waals surface area contributed by atoms with E-state index in [1.807, 2.05) is 11.9 Å². The van der Waals surface area contributed by atoms with Gasteiger partial charge in [0.2, 0.25) is 5.91 Å². The average molecular weight is 356 g/mol. The van der Waals surface area contributed by atoms with Crippen molar-refractivity contribution in [2.45, 2.75) is 51.6 Å². The molecule has 1 amide bonds. The zero-order valence-electron chi connectivity index (χ0n) is 16.6. The Kier molecular flexibility index (Phi) is 4.83. The standard InChI is InChI=1S/C22H33N3O/c1-17-12-18(2)14-20(13-17)15-24-8-6-22(7-9-24)21(26)23(3)10-11-25(22)16-19-4-5-19/h12-14,19H,4-11,15-16H2,1-3H3. The second-order valence-corrected chi connectivity index (χ2v) is 8.92. The summed E-state index contributed by atoms with van der Waals surface area (Å²) in [5, 5.41) is 0. The number of benzene rings is 1. The van der Waals surface area contributed by atoms with Crippen LogP contribution >= 0.6 is 0 Å². The number of hydrogen-bond acceptors (Lipinski definition) is 3. The number of likely N-dealkylation sites (tertiary alicyclic amines) is 1. The number of rotatable bonds is 4. The van der Waals surface area contributed by atoms with Gasteiger partial charge in [-0.2, -0.15) is 0 Å². The third-order valence-electron chi connectivity index (χ3n) is 6.60. The highest BCUT2D eigenvalue weighted by Crippen LogP contribution is 2.38. The molecule has 0 unspecified atom stereocenters. The smallest absolute Gasteiger partial charge is 0.242 e. The fourth-order valence-corrected chi connectivity index (χ4v) is 4.98. The molecule has 2 saturated heterocycles. The van der Waals surface area contributed by atoms with Gasteiger partial charge < -0.3 is 4.90 Å². The van der Waals surface area contributed by atoms with Crippen molar-refractivity contribution in [3.05, 3.63) is 34.9 Å². The summed E-state index contributed by atoms with van der Waals surface area (Å²) in [4.78, 5) is 20.2. The molecule has 0 N–H and O–H groups in total. The van der Waals surface area contributed by atoms with Gasteiger partial charge in [0.1, 0.15) is 5.54 Å². The molecule has 1 saturated carbocycles. The fourth-order valence-electron chi connectivity index (χ4n) is 4.98. The first-order valence-corrected chi connectivity index (χ1v) is 10.3. The van der Waals surface area contributed by atoms with E-state index in [4.69, 9.17) is 0 Å². The number of piperidine rings is 1. The summed E-state index contributed by atoms with van der Waals surface area (Å²) < 4.78 is 0. The lowest BCUT2D eigenvalue weighted by Crippen LogP contribution is -2.68. The molecule has 1 aliphatic carbocycles. The van der Waals surface area contributed by atoms with Crippen molar-refractivity contribution in [3.8, 4) is 0 Å².